The van der Waals surface area contributed by atoms with Gasteiger partial charge in [0.1, 0.15) is 5.75 Å². The van der Waals surface area contributed by atoms with Gasteiger partial charge in [0.2, 0.25) is 0 Å². The summed E-state index contributed by atoms with van der Waals surface area (Å²) < 4.78 is 5.71. The van der Waals surface area contributed by atoms with Crippen molar-refractivity contribution >= 4 is 18.4 Å². The summed E-state index contributed by atoms with van der Waals surface area (Å²) in [7, 11) is 0. The van der Waals surface area contributed by atoms with E-state index in [2.05, 4.69) is 4.90 Å². The Morgan fingerprint density at radius 2 is 1.95 bits per heavy atom. The van der Waals surface area contributed by atoms with Gasteiger partial charge in [-0.1, -0.05) is 18.2 Å². The largest absolute Gasteiger partial charge is 0.493 e. The van der Waals surface area contributed by atoms with Crippen molar-refractivity contribution in [2.45, 2.75) is 25.7 Å². The minimum atomic E-state index is -0.826. The number of benzene rings is 1. The Morgan fingerprint density at radius 1 is 1.25 bits per heavy atom. The minimum absolute atomic E-state index is 0. The molecule has 0 aromatic heterocycles. The van der Waals surface area contributed by atoms with E-state index in [1.807, 2.05) is 24.3 Å². The zero-order valence-electron chi connectivity index (χ0n) is 11.6. The lowest BCUT2D eigenvalue weighted by Gasteiger charge is -2.15. The van der Waals surface area contributed by atoms with Crippen molar-refractivity contribution in [3.63, 3.8) is 0 Å². The second-order valence-corrected chi connectivity index (χ2v) is 4.93. The van der Waals surface area contributed by atoms with Gasteiger partial charge in [-0.2, -0.15) is 0 Å². The van der Waals surface area contributed by atoms with Gasteiger partial charge in [0.25, 0.3) is 0 Å². The lowest BCUT2D eigenvalue weighted by atomic mass is 10.1. The number of likely N-dealkylation sites (tertiary alicyclic amines) is 1. The summed E-state index contributed by atoms with van der Waals surface area (Å²) in [6.45, 7) is 4.12. The molecule has 0 bridgehead atoms. The molecule has 0 unspecified atom stereocenters. The van der Waals surface area contributed by atoms with E-state index in [0.29, 0.717) is 12.4 Å². The normalized spacial score (nSPS) is 14.8. The van der Waals surface area contributed by atoms with E-state index in [0.717, 1.165) is 18.5 Å². The number of nitrogens with zero attached hydrogens (tertiary/aromatic N) is 1. The number of carbonyl (C=O) groups is 1. The van der Waals surface area contributed by atoms with Gasteiger partial charge in [-0.3, -0.25) is 4.79 Å². The molecule has 1 aliphatic heterocycles. The van der Waals surface area contributed by atoms with E-state index < -0.39 is 5.97 Å². The zero-order chi connectivity index (χ0) is 13.5. The summed E-state index contributed by atoms with van der Waals surface area (Å²) in [5.41, 5.74) is 0.746. The van der Waals surface area contributed by atoms with Crippen LogP contribution in [0.3, 0.4) is 0 Å². The Balaban J connectivity index is 0.00000200. The highest BCUT2D eigenvalue weighted by atomic mass is 35.5. The van der Waals surface area contributed by atoms with Crippen LogP contribution in [0.25, 0.3) is 0 Å². The highest BCUT2D eigenvalue weighted by Crippen LogP contribution is 2.19. The van der Waals surface area contributed by atoms with Crippen LogP contribution in [0.4, 0.5) is 0 Å². The van der Waals surface area contributed by atoms with Crippen molar-refractivity contribution in [2.75, 3.05) is 26.2 Å². The maximum Gasteiger partial charge on any atom is 0.307 e. The summed E-state index contributed by atoms with van der Waals surface area (Å²) >= 11 is 0. The molecule has 0 aliphatic carbocycles. The number of halogens is 1. The molecule has 2 rings (SSSR count). The highest BCUT2D eigenvalue weighted by Gasteiger charge is 2.11. The van der Waals surface area contributed by atoms with Crippen LogP contribution < -0.4 is 4.74 Å². The van der Waals surface area contributed by atoms with Crippen molar-refractivity contribution in [3.8, 4) is 5.75 Å². The number of rotatable bonds is 7. The maximum atomic E-state index is 10.8. The first-order chi connectivity index (χ1) is 9.25. The molecule has 0 atom stereocenters. The Hall–Kier alpha value is -1.26. The third-order valence-corrected chi connectivity index (χ3v) is 3.39. The van der Waals surface area contributed by atoms with Crippen LogP contribution in [-0.2, 0) is 11.2 Å². The predicted octanol–water partition coefficient (Wildman–Crippen LogP) is 2.60. The molecule has 1 N–H and O–H groups in total. The van der Waals surface area contributed by atoms with Gasteiger partial charge >= 0.3 is 5.97 Å². The molecule has 0 amide bonds. The molecule has 1 aromatic rings. The van der Waals surface area contributed by atoms with E-state index >= 15 is 0 Å². The van der Waals surface area contributed by atoms with Crippen LogP contribution in [-0.4, -0.2) is 42.2 Å². The van der Waals surface area contributed by atoms with E-state index in [1.54, 1.807) is 0 Å². The quantitative estimate of drug-likeness (QED) is 0.786. The number of hydrogen-bond donors (Lipinski definition) is 1. The van der Waals surface area contributed by atoms with Crippen molar-refractivity contribution in [2.24, 2.45) is 0 Å². The van der Waals surface area contributed by atoms with Crippen molar-refractivity contribution in [1.82, 2.24) is 4.90 Å². The van der Waals surface area contributed by atoms with Gasteiger partial charge in [0.05, 0.1) is 13.0 Å². The van der Waals surface area contributed by atoms with Crippen LogP contribution in [0.15, 0.2) is 24.3 Å². The molecule has 1 saturated heterocycles. The van der Waals surface area contributed by atoms with Crippen LogP contribution >= 0.6 is 12.4 Å². The molecule has 1 fully saturated rings. The first-order valence-corrected chi connectivity index (χ1v) is 6.90. The minimum Gasteiger partial charge on any atom is -0.493 e. The molecule has 1 heterocycles. The molecule has 5 heteroatoms. The van der Waals surface area contributed by atoms with Gasteiger partial charge < -0.3 is 14.7 Å². The van der Waals surface area contributed by atoms with Gasteiger partial charge in [0, 0.05) is 12.1 Å². The van der Waals surface area contributed by atoms with Crippen LogP contribution in [0.2, 0.25) is 0 Å². The first kappa shape index (κ1) is 16.8. The number of para-hydroxylation sites is 1. The predicted molar refractivity (Wildman–Crippen MR) is 80.8 cm³/mol. The molecule has 0 radical (unpaired) electrons. The number of ether oxygens (including phenoxy) is 1. The van der Waals surface area contributed by atoms with Crippen LogP contribution in [0, 0.1) is 0 Å². The third-order valence-electron chi connectivity index (χ3n) is 3.39. The average molecular weight is 300 g/mol. The fourth-order valence-corrected chi connectivity index (χ4v) is 2.43. The summed E-state index contributed by atoms with van der Waals surface area (Å²) in [4.78, 5) is 13.2. The SMILES string of the molecule is Cl.O=C(O)Cc1ccccc1OCCCN1CCCC1. The number of carboxylic acids is 1. The number of aliphatic carboxylic acids is 1. The Morgan fingerprint density at radius 3 is 2.65 bits per heavy atom. The van der Waals surface area contributed by atoms with Gasteiger partial charge in [-0.15, -0.1) is 12.4 Å². The third kappa shape index (κ3) is 5.39. The smallest absolute Gasteiger partial charge is 0.307 e. The lowest BCUT2D eigenvalue weighted by Crippen LogP contribution is -2.22. The lowest BCUT2D eigenvalue weighted by molar-refractivity contribution is -0.136. The number of carboxylic acid groups (broad SMARTS) is 1. The second-order valence-electron chi connectivity index (χ2n) is 4.93. The van der Waals surface area contributed by atoms with Crippen molar-refractivity contribution in [1.29, 1.82) is 0 Å². The topological polar surface area (TPSA) is 49.8 Å². The summed E-state index contributed by atoms with van der Waals surface area (Å²) in [5, 5.41) is 8.84. The zero-order valence-corrected chi connectivity index (χ0v) is 12.4. The second kappa shape index (κ2) is 8.82. The van der Waals surface area contributed by atoms with Gasteiger partial charge in [-0.05, 0) is 38.4 Å². The molecular weight excluding hydrogens is 278 g/mol. The highest BCUT2D eigenvalue weighted by molar-refractivity contribution is 5.85. The number of hydrogen-bond acceptors (Lipinski definition) is 3. The van der Waals surface area contributed by atoms with E-state index in [4.69, 9.17) is 9.84 Å². The Labute approximate surface area is 126 Å². The van der Waals surface area contributed by atoms with Gasteiger partial charge in [0.15, 0.2) is 0 Å². The van der Waals surface area contributed by atoms with Gasteiger partial charge in [-0.25, -0.2) is 0 Å². The fourth-order valence-electron chi connectivity index (χ4n) is 2.43. The standard InChI is InChI=1S/C15H21NO3.ClH/c17-15(18)12-13-6-1-2-7-14(13)19-11-5-10-16-8-3-4-9-16;/h1-2,6-7H,3-5,8-12H2,(H,17,18);1H. The van der Waals surface area contributed by atoms with Crippen molar-refractivity contribution < 1.29 is 14.6 Å². The fraction of sp³-hybridized carbons (Fsp3) is 0.533. The summed E-state index contributed by atoms with van der Waals surface area (Å²) in [5.74, 6) is -0.126. The molecular formula is C15H22ClNO3. The van der Waals surface area contributed by atoms with E-state index in [1.165, 1.54) is 25.9 Å². The molecule has 1 aromatic carbocycles. The molecule has 1 aliphatic rings. The molecule has 20 heavy (non-hydrogen) atoms. The molecule has 0 spiro atoms. The molecule has 4 nitrogen and oxygen atoms in total. The van der Waals surface area contributed by atoms with Crippen molar-refractivity contribution in [3.05, 3.63) is 29.8 Å². The van der Waals surface area contributed by atoms with Crippen LogP contribution in [0.5, 0.6) is 5.75 Å². The molecule has 0 saturated carbocycles. The molecule has 112 valence electrons. The van der Waals surface area contributed by atoms with E-state index in [9.17, 15) is 4.79 Å². The van der Waals surface area contributed by atoms with Crippen LogP contribution in [0.1, 0.15) is 24.8 Å². The first-order valence-electron chi connectivity index (χ1n) is 6.90. The van der Waals surface area contributed by atoms with E-state index in [-0.39, 0.29) is 18.8 Å². The monoisotopic (exact) mass is 299 g/mol. The average Bonchev–Trinajstić information content (AvgIpc) is 2.89. The Kier molecular flexibility index (Phi) is 7.41. The summed E-state index contributed by atoms with van der Waals surface area (Å²) in [6.07, 6.45) is 3.62. The maximum absolute atomic E-state index is 10.8. The Bertz CT molecular complexity index is 419. The summed E-state index contributed by atoms with van der Waals surface area (Å²) in [6, 6.07) is 7.37.